The highest BCUT2D eigenvalue weighted by atomic mass is 16.5. The molecule has 1 fully saturated rings. The minimum Gasteiger partial charge on any atom is -0.465 e. The van der Waals surface area contributed by atoms with E-state index in [2.05, 4.69) is 5.32 Å². The molecule has 5 nitrogen and oxygen atoms in total. The highest BCUT2D eigenvalue weighted by Gasteiger charge is 2.26. The van der Waals surface area contributed by atoms with Gasteiger partial charge in [-0.1, -0.05) is 0 Å². The van der Waals surface area contributed by atoms with Gasteiger partial charge < -0.3 is 10.1 Å². The lowest BCUT2D eigenvalue weighted by atomic mass is 10.2. The number of nitrogens with zero attached hydrogens (tertiary/aromatic N) is 1. The second kappa shape index (κ2) is 4.95. The molecule has 1 unspecified atom stereocenters. The van der Waals surface area contributed by atoms with Crippen LogP contribution in [0.15, 0.2) is 0 Å². The second-order valence-corrected chi connectivity index (χ2v) is 3.25. The van der Waals surface area contributed by atoms with Crippen LogP contribution in [0.25, 0.3) is 0 Å². The normalized spacial score (nSPS) is 20.0. The summed E-state index contributed by atoms with van der Waals surface area (Å²) in [5, 5.41) is 2.71. The van der Waals surface area contributed by atoms with Crippen molar-refractivity contribution >= 4 is 11.9 Å². The van der Waals surface area contributed by atoms with Crippen molar-refractivity contribution < 1.29 is 14.3 Å². The van der Waals surface area contributed by atoms with Crippen molar-refractivity contribution in [2.75, 3.05) is 26.2 Å². The van der Waals surface area contributed by atoms with E-state index in [0.717, 1.165) is 0 Å². The zero-order chi connectivity index (χ0) is 10.6. The Kier molecular flexibility index (Phi) is 3.88. The summed E-state index contributed by atoms with van der Waals surface area (Å²) >= 11 is 0. The molecule has 0 aromatic rings. The van der Waals surface area contributed by atoms with Gasteiger partial charge in [-0.05, 0) is 13.8 Å². The first-order chi connectivity index (χ1) is 6.65. The SMILES string of the molecule is CCOC(=O)C(C)N1CCNC(=O)C1. The van der Waals surface area contributed by atoms with E-state index in [1.54, 1.807) is 13.8 Å². The first-order valence-corrected chi connectivity index (χ1v) is 4.82. The third-order valence-electron chi connectivity index (χ3n) is 2.24. The van der Waals surface area contributed by atoms with Crippen LogP contribution in [0.4, 0.5) is 0 Å². The lowest BCUT2D eigenvalue weighted by molar-refractivity contribution is -0.149. The molecule has 5 heteroatoms. The van der Waals surface area contributed by atoms with E-state index in [1.807, 2.05) is 4.90 Å². The number of nitrogens with one attached hydrogen (secondary N) is 1. The van der Waals surface area contributed by atoms with E-state index in [-0.39, 0.29) is 24.5 Å². The number of hydrogen-bond donors (Lipinski definition) is 1. The van der Waals surface area contributed by atoms with Crippen molar-refractivity contribution in [2.45, 2.75) is 19.9 Å². The number of esters is 1. The molecule has 1 aliphatic rings. The predicted molar refractivity (Wildman–Crippen MR) is 50.7 cm³/mol. The summed E-state index contributed by atoms with van der Waals surface area (Å²) in [5.74, 6) is -0.297. The quantitative estimate of drug-likeness (QED) is 0.616. The maximum atomic E-state index is 11.4. The van der Waals surface area contributed by atoms with E-state index in [0.29, 0.717) is 19.7 Å². The Hall–Kier alpha value is -1.10. The molecule has 1 amide bonds. The van der Waals surface area contributed by atoms with E-state index in [9.17, 15) is 9.59 Å². The van der Waals surface area contributed by atoms with Gasteiger partial charge in [0.05, 0.1) is 13.2 Å². The molecule has 0 bridgehead atoms. The fraction of sp³-hybridized carbons (Fsp3) is 0.778. The first-order valence-electron chi connectivity index (χ1n) is 4.82. The maximum absolute atomic E-state index is 11.4. The number of ether oxygens (including phenoxy) is 1. The highest BCUT2D eigenvalue weighted by molar-refractivity contribution is 5.81. The Morgan fingerprint density at radius 2 is 2.43 bits per heavy atom. The summed E-state index contributed by atoms with van der Waals surface area (Å²) in [4.78, 5) is 24.2. The summed E-state index contributed by atoms with van der Waals surface area (Å²) in [6.45, 7) is 5.49. The molecular formula is C9H16N2O3. The zero-order valence-corrected chi connectivity index (χ0v) is 8.58. The largest absolute Gasteiger partial charge is 0.465 e. The standard InChI is InChI=1S/C9H16N2O3/c1-3-14-9(13)7(2)11-5-4-10-8(12)6-11/h7H,3-6H2,1-2H3,(H,10,12). The Bertz CT molecular complexity index is 230. The molecule has 0 aliphatic carbocycles. The molecule has 1 saturated heterocycles. The van der Waals surface area contributed by atoms with Gasteiger partial charge in [0.25, 0.3) is 0 Å². The monoisotopic (exact) mass is 200 g/mol. The van der Waals surface area contributed by atoms with Gasteiger partial charge >= 0.3 is 5.97 Å². The van der Waals surface area contributed by atoms with Crippen LogP contribution >= 0.6 is 0 Å². The van der Waals surface area contributed by atoms with Crippen LogP contribution in [0.5, 0.6) is 0 Å². The van der Waals surface area contributed by atoms with Crippen LogP contribution in [-0.4, -0.2) is 49.1 Å². The molecule has 0 saturated carbocycles. The van der Waals surface area contributed by atoms with Gasteiger partial charge in [0.2, 0.25) is 5.91 Å². The Labute approximate surface area is 83.4 Å². The van der Waals surface area contributed by atoms with Gasteiger partial charge in [0, 0.05) is 13.1 Å². The molecule has 0 aromatic heterocycles. The molecule has 0 spiro atoms. The number of rotatable bonds is 3. The van der Waals surface area contributed by atoms with Crippen molar-refractivity contribution in [1.29, 1.82) is 0 Å². The lowest BCUT2D eigenvalue weighted by Crippen LogP contribution is -2.53. The topological polar surface area (TPSA) is 58.6 Å². The Balaban J connectivity index is 2.46. The first kappa shape index (κ1) is 11.0. The summed E-state index contributed by atoms with van der Waals surface area (Å²) in [6, 6.07) is -0.332. The van der Waals surface area contributed by atoms with E-state index in [1.165, 1.54) is 0 Å². The second-order valence-electron chi connectivity index (χ2n) is 3.25. The number of carbonyl (C=O) groups excluding carboxylic acids is 2. The van der Waals surface area contributed by atoms with Crippen molar-refractivity contribution in [3.8, 4) is 0 Å². The van der Waals surface area contributed by atoms with E-state index < -0.39 is 0 Å². The number of piperazine rings is 1. The van der Waals surface area contributed by atoms with Gasteiger partial charge in [-0.3, -0.25) is 14.5 Å². The third kappa shape index (κ3) is 2.70. The molecular weight excluding hydrogens is 184 g/mol. The number of amides is 1. The molecule has 1 aliphatic heterocycles. The highest BCUT2D eigenvalue weighted by Crippen LogP contribution is 2.03. The molecule has 1 rings (SSSR count). The Morgan fingerprint density at radius 3 is 3.00 bits per heavy atom. The van der Waals surface area contributed by atoms with E-state index >= 15 is 0 Å². The summed E-state index contributed by atoms with van der Waals surface area (Å²) in [5.41, 5.74) is 0. The van der Waals surface area contributed by atoms with Gasteiger partial charge in [0.1, 0.15) is 6.04 Å². The van der Waals surface area contributed by atoms with Crippen molar-refractivity contribution in [1.82, 2.24) is 10.2 Å². The summed E-state index contributed by atoms with van der Waals surface area (Å²) in [7, 11) is 0. The fourth-order valence-electron chi connectivity index (χ4n) is 1.40. The number of hydrogen-bond acceptors (Lipinski definition) is 4. The van der Waals surface area contributed by atoms with Gasteiger partial charge in [0.15, 0.2) is 0 Å². The van der Waals surface area contributed by atoms with Crippen LogP contribution in [0, 0.1) is 0 Å². The molecule has 80 valence electrons. The van der Waals surface area contributed by atoms with Crippen LogP contribution in [0.3, 0.4) is 0 Å². The minimum absolute atomic E-state index is 0.0348. The fourth-order valence-corrected chi connectivity index (χ4v) is 1.40. The molecule has 1 heterocycles. The van der Waals surface area contributed by atoms with Gasteiger partial charge in [-0.25, -0.2) is 0 Å². The van der Waals surface area contributed by atoms with Crippen LogP contribution < -0.4 is 5.32 Å². The molecule has 0 radical (unpaired) electrons. The molecule has 14 heavy (non-hydrogen) atoms. The molecule has 1 N–H and O–H groups in total. The van der Waals surface area contributed by atoms with Crippen LogP contribution in [0.1, 0.15) is 13.8 Å². The minimum atomic E-state index is -0.332. The smallest absolute Gasteiger partial charge is 0.323 e. The average Bonchev–Trinajstić information content (AvgIpc) is 2.17. The average molecular weight is 200 g/mol. The van der Waals surface area contributed by atoms with Crippen LogP contribution in [0.2, 0.25) is 0 Å². The molecule has 1 atom stereocenters. The van der Waals surface area contributed by atoms with Crippen molar-refractivity contribution in [3.05, 3.63) is 0 Å². The maximum Gasteiger partial charge on any atom is 0.323 e. The Morgan fingerprint density at radius 1 is 1.71 bits per heavy atom. The predicted octanol–water partition coefficient (Wildman–Crippen LogP) is -0.630. The van der Waals surface area contributed by atoms with Gasteiger partial charge in [-0.15, -0.1) is 0 Å². The van der Waals surface area contributed by atoms with E-state index in [4.69, 9.17) is 4.74 Å². The molecule has 0 aromatic carbocycles. The summed E-state index contributed by atoms with van der Waals surface area (Å²) < 4.78 is 4.88. The third-order valence-corrected chi connectivity index (χ3v) is 2.24. The number of carbonyl (C=O) groups is 2. The zero-order valence-electron chi connectivity index (χ0n) is 8.58. The van der Waals surface area contributed by atoms with Crippen molar-refractivity contribution in [3.63, 3.8) is 0 Å². The lowest BCUT2D eigenvalue weighted by Gasteiger charge is -2.30. The van der Waals surface area contributed by atoms with Crippen molar-refractivity contribution in [2.24, 2.45) is 0 Å². The van der Waals surface area contributed by atoms with Gasteiger partial charge in [-0.2, -0.15) is 0 Å². The summed E-state index contributed by atoms with van der Waals surface area (Å²) in [6.07, 6.45) is 0. The van der Waals surface area contributed by atoms with Crippen LogP contribution in [-0.2, 0) is 14.3 Å².